The van der Waals surface area contributed by atoms with Gasteiger partial charge in [0.25, 0.3) is 0 Å². The molecule has 164 valence electrons. The van der Waals surface area contributed by atoms with Crippen molar-refractivity contribution in [2.45, 2.75) is 32.2 Å². The van der Waals surface area contributed by atoms with Crippen LogP contribution in [0.25, 0.3) is 0 Å². The summed E-state index contributed by atoms with van der Waals surface area (Å²) in [6.45, 7) is 6.25. The van der Waals surface area contributed by atoms with Gasteiger partial charge in [-0.15, -0.1) is 11.3 Å². The molecule has 0 aliphatic carbocycles. The normalized spacial score (nSPS) is 18.9. The average Bonchev–Trinajstić information content (AvgIpc) is 3.27. The predicted octanol–water partition coefficient (Wildman–Crippen LogP) is 3.16. The lowest BCUT2D eigenvalue weighted by Gasteiger charge is -2.37. The molecule has 2 heterocycles. The van der Waals surface area contributed by atoms with Crippen LogP contribution in [0.3, 0.4) is 0 Å². The summed E-state index contributed by atoms with van der Waals surface area (Å²) >= 11 is 1.77. The SMILES string of the molecule is CN=C(NCc1ccc(F)c(COC)c1)NCC(c1cccs1)N1CCOC(C)C1. The highest BCUT2D eigenvalue weighted by Gasteiger charge is 2.26. The number of thiophene rings is 1. The van der Waals surface area contributed by atoms with Crippen LogP contribution in [-0.4, -0.2) is 57.4 Å². The molecule has 0 bridgehead atoms. The van der Waals surface area contributed by atoms with Gasteiger partial charge in [-0.2, -0.15) is 0 Å². The van der Waals surface area contributed by atoms with Gasteiger partial charge in [-0.3, -0.25) is 9.89 Å². The number of methoxy groups -OCH3 is 1. The lowest BCUT2D eigenvalue weighted by atomic mass is 10.1. The Morgan fingerprint density at radius 1 is 1.40 bits per heavy atom. The standard InChI is InChI=1S/C22H31FN4O2S/c1-16-14-27(8-9-29-16)20(21-5-4-10-30-21)13-26-22(24-2)25-12-17-6-7-19(23)18(11-17)15-28-3/h4-7,10-11,16,20H,8-9,12-15H2,1-3H3,(H2,24,25,26). The van der Waals surface area contributed by atoms with Crippen molar-refractivity contribution in [3.05, 3.63) is 57.5 Å². The molecule has 2 atom stereocenters. The van der Waals surface area contributed by atoms with E-state index in [4.69, 9.17) is 9.47 Å². The highest BCUT2D eigenvalue weighted by molar-refractivity contribution is 7.10. The Balaban J connectivity index is 1.59. The van der Waals surface area contributed by atoms with Gasteiger partial charge in [0.2, 0.25) is 0 Å². The van der Waals surface area contributed by atoms with E-state index in [2.05, 4.69) is 45.0 Å². The number of morpholine rings is 1. The summed E-state index contributed by atoms with van der Waals surface area (Å²) in [5.41, 5.74) is 1.53. The first-order valence-corrected chi connectivity index (χ1v) is 11.1. The Labute approximate surface area is 182 Å². The molecule has 0 amide bonds. The van der Waals surface area contributed by atoms with E-state index in [1.54, 1.807) is 31.6 Å². The molecule has 30 heavy (non-hydrogen) atoms. The van der Waals surface area contributed by atoms with Gasteiger partial charge in [0.15, 0.2) is 5.96 Å². The molecular weight excluding hydrogens is 403 g/mol. The number of rotatable bonds is 8. The number of nitrogens with zero attached hydrogens (tertiary/aromatic N) is 2. The van der Waals surface area contributed by atoms with Crippen LogP contribution in [0, 0.1) is 5.82 Å². The van der Waals surface area contributed by atoms with E-state index >= 15 is 0 Å². The number of halogens is 1. The van der Waals surface area contributed by atoms with Crippen LogP contribution in [0.2, 0.25) is 0 Å². The quantitative estimate of drug-likeness (QED) is 0.494. The van der Waals surface area contributed by atoms with Gasteiger partial charge in [-0.05, 0) is 36.1 Å². The van der Waals surface area contributed by atoms with Crippen molar-refractivity contribution in [2.24, 2.45) is 4.99 Å². The zero-order valence-corrected chi connectivity index (χ0v) is 18.7. The fraction of sp³-hybridized carbons (Fsp3) is 0.500. The minimum Gasteiger partial charge on any atom is -0.380 e. The van der Waals surface area contributed by atoms with E-state index in [0.29, 0.717) is 12.1 Å². The molecule has 1 fully saturated rings. The zero-order valence-electron chi connectivity index (χ0n) is 17.9. The van der Waals surface area contributed by atoms with Gasteiger partial charge < -0.3 is 20.1 Å². The summed E-state index contributed by atoms with van der Waals surface area (Å²) in [6.07, 6.45) is 0.235. The maximum atomic E-state index is 13.8. The molecule has 1 saturated heterocycles. The highest BCUT2D eigenvalue weighted by atomic mass is 32.1. The van der Waals surface area contributed by atoms with Crippen LogP contribution in [-0.2, 0) is 22.6 Å². The molecule has 6 nitrogen and oxygen atoms in total. The van der Waals surface area contributed by atoms with Crippen molar-refractivity contribution in [3.63, 3.8) is 0 Å². The Morgan fingerprint density at radius 3 is 2.97 bits per heavy atom. The van der Waals surface area contributed by atoms with Gasteiger partial charge >= 0.3 is 0 Å². The second-order valence-electron chi connectivity index (χ2n) is 7.37. The number of ether oxygens (including phenoxy) is 2. The van der Waals surface area contributed by atoms with Crippen LogP contribution >= 0.6 is 11.3 Å². The van der Waals surface area contributed by atoms with E-state index < -0.39 is 0 Å². The highest BCUT2D eigenvalue weighted by Crippen LogP contribution is 2.26. The molecule has 2 unspecified atom stereocenters. The van der Waals surface area contributed by atoms with Gasteiger partial charge in [0.05, 0.1) is 25.4 Å². The minimum atomic E-state index is -0.248. The maximum absolute atomic E-state index is 13.8. The topological polar surface area (TPSA) is 58.1 Å². The van der Waals surface area contributed by atoms with Crippen molar-refractivity contribution in [3.8, 4) is 0 Å². The van der Waals surface area contributed by atoms with Crippen LogP contribution < -0.4 is 10.6 Å². The number of hydrogen-bond donors (Lipinski definition) is 2. The van der Waals surface area contributed by atoms with Crippen molar-refractivity contribution in [1.29, 1.82) is 0 Å². The summed E-state index contributed by atoms with van der Waals surface area (Å²) in [5.74, 6) is 0.470. The van der Waals surface area contributed by atoms with Crippen molar-refractivity contribution >= 4 is 17.3 Å². The summed E-state index contributed by atoms with van der Waals surface area (Å²) < 4.78 is 24.6. The number of nitrogens with one attached hydrogen (secondary N) is 2. The average molecular weight is 435 g/mol. The maximum Gasteiger partial charge on any atom is 0.191 e. The Morgan fingerprint density at radius 2 is 2.27 bits per heavy atom. The summed E-state index contributed by atoms with van der Waals surface area (Å²) in [6, 6.07) is 9.61. The zero-order chi connectivity index (χ0) is 21.3. The molecule has 0 saturated carbocycles. The number of benzene rings is 1. The third kappa shape index (κ3) is 6.25. The van der Waals surface area contributed by atoms with E-state index in [1.807, 2.05) is 6.07 Å². The predicted molar refractivity (Wildman–Crippen MR) is 119 cm³/mol. The Bertz CT molecular complexity index is 815. The Kier molecular flexibility index (Phi) is 8.62. The summed E-state index contributed by atoms with van der Waals surface area (Å²) in [7, 11) is 3.32. The summed E-state index contributed by atoms with van der Waals surface area (Å²) in [4.78, 5) is 8.15. The second-order valence-corrected chi connectivity index (χ2v) is 8.35. The molecule has 0 spiro atoms. The lowest BCUT2D eigenvalue weighted by molar-refractivity contribution is -0.0334. The van der Waals surface area contributed by atoms with Crippen LogP contribution in [0.4, 0.5) is 4.39 Å². The van der Waals surface area contributed by atoms with E-state index in [9.17, 15) is 4.39 Å². The van der Waals surface area contributed by atoms with Gasteiger partial charge in [0.1, 0.15) is 5.82 Å². The monoisotopic (exact) mass is 434 g/mol. The van der Waals surface area contributed by atoms with Crippen LogP contribution in [0.1, 0.15) is 29.0 Å². The van der Waals surface area contributed by atoms with Gasteiger partial charge in [-0.25, -0.2) is 4.39 Å². The molecule has 3 rings (SSSR count). The Hall–Kier alpha value is -2.00. The van der Waals surface area contributed by atoms with Gasteiger partial charge in [-0.1, -0.05) is 12.1 Å². The smallest absolute Gasteiger partial charge is 0.191 e. The summed E-state index contributed by atoms with van der Waals surface area (Å²) in [5, 5.41) is 8.89. The molecule has 2 aromatic rings. The largest absolute Gasteiger partial charge is 0.380 e. The molecule has 8 heteroatoms. The van der Waals surface area contributed by atoms with E-state index in [-0.39, 0.29) is 24.6 Å². The first kappa shape index (κ1) is 22.7. The molecule has 0 radical (unpaired) electrons. The van der Waals surface area contributed by atoms with Crippen molar-refractivity contribution < 1.29 is 13.9 Å². The van der Waals surface area contributed by atoms with Crippen LogP contribution in [0.15, 0.2) is 40.7 Å². The van der Waals surface area contributed by atoms with Crippen molar-refractivity contribution in [2.75, 3.05) is 40.4 Å². The first-order chi connectivity index (χ1) is 14.6. The molecule has 1 aromatic carbocycles. The molecule has 2 N–H and O–H groups in total. The number of hydrogen-bond acceptors (Lipinski definition) is 5. The molecule has 1 aliphatic rings. The lowest BCUT2D eigenvalue weighted by Crippen LogP contribution is -2.47. The molecule has 1 aliphatic heterocycles. The van der Waals surface area contributed by atoms with Crippen LogP contribution in [0.5, 0.6) is 0 Å². The minimum absolute atomic E-state index is 0.235. The second kappa shape index (κ2) is 11.4. The van der Waals surface area contributed by atoms with E-state index in [0.717, 1.165) is 37.8 Å². The molecule has 1 aromatic heterocycles. The van der Waals surface area contributed by atoms with E-state index in [1.165, 1.54) is 10.9 Å². The third-order valence-corrected chi connectivity index (χ3v) is 6.11. The molecular formula is C22H31FN4O2S. The number of guanidine groups is 1. The van der Waals surface area contributed by atoms with Gasteiger partial charge in [0, 0.05) is 50.8 Å². The fourth-order valence-corrected chi connectivity index (χ4v) is 4.48. The first-order valence-electron chi connectivity index (χ1n) is 10.2. The fourth-order valence-electron chi connectivity index (χ4n) is 3.62. The third-order valence-electron chi connectivity index (χ3n) is 5.14. The number of aliphatic imine (C=N–C) groups is 1. The van der Waals surface area contributed by atoms with Crippen molar-refractivity contribution in [1.82, 2.24) is 15.5 Å².